The van der Waals surface area contributed by atoms with Crippen LogP contribution in [0.1, 0.15) is 36.3 Å². The Bertz CT molecular complexity index is 1120. The number of rotatable bonds is 6. The predicted octanol–water partition coefficient (Wildman–Crippen LogP) is 2.85. The largest absolute Gasteiger partial charge is 0.491 e. The molecule has 2 aromatic heterocycles. The van der Waals surface area contributed by atoms with Gasteiger partial charge >= 0.3 is 5.97 Å². The second-order valence-corrected chi connectivity index (χ2v) is 7.55. The van der Waals surface area contributed by atoms with Gasteiger partial charge in [-0.2, -0.15) is 0 Å². The molecule has 0 radical (unpaired) electrons. The SMILES string of the molecule is Cc1nccc2c1c(=O)n(C)c1cc(OC[C@@H](N)CC(C)C)c(C(=O)O)cc21. The lowest BCUT2D eigenvalue weighted by molar-refractivity contribution is 0.0692. The fourth-order valence-electron chi connectivity index (χ4n) is 3.56. The standard InChI is InChI=1S/C21H25N3O4/c1-11(2)7-13(22)10-28-18-9-17-15(8-16(18)21(26)27)14-5-6-23-12(3)19(14)20(25)24(17)4/h5-6,8-9,11,13H,7,10,22H2,1-4H3,(H,26,27)/t13-/m0/s1. The molecular formula is C21H25N3O4. The van der Waals surface area contributed by atoms with Crippen molar-refractivity contribution >= 4 is 27.6 Å². The third-order valence-corrected chi connectivity index (χ3v) is 4.87. The summed E-state index contributed by atoms with van der Waals surface area (Å²) >= 11 is 0. The lowest BCUT2D eigenvalue weighted by Crippen LogP contribution is -2.29. The summed E-state index contributed by atoms with van der Waals surface area (Å²) in [6.45, 7) is 6.10. The van der Waals surface area contributed by atoms with Gasteiger partial charge in [-0.05, 0) is 36.8 Å². The molecule has 0 fully saturated rings. The molecule has 3 rings (SSSR count). The molecule has 7 nitrogen and oxygen atoms in total. The zero-order valence-electron chi connectivity index (χ0n) is 16.5. The quantitative estimate of drug-likeness (QED) is 0.634. The Balaban J connectivity index is 2.20. The molecule has 0 aliphatic heterocycles. The van der Waals surface area contributed by atoms with E-state index in [0.29, 0.717) is 33.3 Å². The fourth-order valence-corrected chi connectivity index (χ4v) is 3.56. The Hall–Kier alpha value is -2.93. The molecule has 0 unspecified atom stereocenters. The molecule has 0 saturated carbocycles. The first kappa shape index (κ1) is 19.8. The van der Waals surface area contributed by atoms with Crippen LogP contribution >= 0.6 is 0 Å². The molecule has 0 saturated heterocycles. The highest BCUT2D eigenvalue weighted by atomic mass is 16.5. The number of carboxylic acid groups (broad SMARTS) is 1. The number of aromatic nitrogens is 2. The van der Waals surface area contributed by atoms with Crippen LogP contribution in [0.15, 0.2) is 29.2 Å². The van der Waals surface area contributed by atoms with E-state index in [2.05, 4.69) is 18.8 Å². The molecule has 0 aliphatic rings. The van der Waals surface area contributed by atoms with Crippen molar-refractivity contribution in [3.05, 3.63) is 46.0 Å². The average molecular weight is 383 g/mol. The third-order valence-electron chi connectivity index (χ3n) is 4.87. The topological polar surface area (TPSA) is 107 Å². The Morgan fingerprint density at radius 3 is 2.68 bits per heavy atom. The molecule has 0 aliphatic carbocycles. The average Bonchev–Trinajstić information content (AvgIpc) is 2.63. The van der Waals surface area contributed by atoms with E-state index < -0.39 is 5.97 Å². The van der Waals surface area contributed by atoms with Gasteiger partial charge in [0.25, 0.3) is 5.56 Å². The zero-order chi connectivity index (χ0) is 20.6. The number of carbonyl (C=O) groups is 1. The summed E-state index contributed by atoms with van der Waals surface area (Å²) in [4.78, 5) is 28.9. The summed E-state index contributed by atoms with van der Waals surface area (Å²) in [5.41, 5.74) is 7.14. The van der Waals surface area contributed by atoms with Crippen molar-refractivity contribution in [3.8, 4) is 5.75 Å². The Labute approximate surface area is 162 Å². The summed E-state index contributed by atoms with van der Waals surface area (Å²) in [6.07, 6.45) is 2.39. The number of ether oxygens (including phenoxy) is 1. The zero-order valence-corrected chi connectivity index (χ0v) is 16.5. The number of hydrogen-bond acceptors (Lipinski definition) is 5. The molecular weight excluding hydrogens is 358 g/mol. The minimum Gasteiger partial charge on any atom is -0.491 e. The highest BCUT2D eigenvalue weighted by Crippen LogP contribution is 2.30. The second kappa shape index (κ2) is 7.59. The van der Waals surface area contributed by atoms with Gasteiger partial charge in [0.05, 0.1) is 16.6 Å². The van der Waals surface area contributed by atoms with Gasteiger partial charge in [-0.25, -0.2) is 4.79 Å². The van der Waals surface area contributed by atoms with Crippen molar-refractivity contribution in [1.82, 2.24) is 9.55 Å². The molecule has 3 aromatic rings. The highest BCUT2D eigenvalue weighted by molar-refractivity contribution is 6.09. The van der Waals surface area contributed by atoms with Crippen molar-refractivity contribution < 1.29 is 14.6 Å². The van der Waals surface area contributed by atoms with Gasteiger partial charge in [0.2, 0.25) is 0 Å². The van der Waals surface area contributed by atoms with E-state index >= 15 is 0 Å². The number of hydrogen-bond donors (Lipinski definition) is 2. The van der Waals surface area contributed by atoms with E-state index in [-0.39, 0.29) is 29.5 Å². The minimum atomic E-state index is -1.10. The molecule has 3 N–H and O–H groups in total. The second-order valence-electron chi connectivity index (χ2n) is 7.55. The van der Waals surface area contributed by atoms with Gasteiger partial charge < -0.3 is 20.1 Å². The normalized spacial score (nSPS) is 12.6. The van der Waals surface area contributed by atoms with Crippen molar-refractivity contribution in [2.45, 2.75) is 33.2 Å². The van der Waals surface area contributed by atoms with E-state index in [4.69, 9.17) is 10.5 Å². The van der Waals surface area contributed by atoms with Crippen molar-refractivity contribution in [1.29, 1.82) is 0 Å². The van der Waals surface area contributed by atoms with E-state index in [1.54, 1.807) is 38.4 Å². The number of carboxylic acids is 1. The molecule has 0 bridgehead atoms. The van der Waals surface area contributed by atoms with Gasteiger partial charge in [0.1, 0.15) is 17.9 Å². The van der Waals surface area contributed by atoms with Crippen molar-refractivity contribution in [2.75, 3.05) is 6.61 Å². The summed E-state index contributed by atoms with van der Waals surface area (Å²) in [6, 6.07) is 4.70. The summed E-state index contributed by atoms with van der Waals surface area (Å²) in [5.74, 6) is -0.473. The number of aryl methyl sites for hydroxylation is 2. The Morgan fingerprint density at radius 1 is 1.32 bits per heavy atom. The van der Waals surface area contributed by atoms with Crippen LogP contribution in [0.25, 0.3) is 21.7 Å². The lowest BCUT2D eigenvalue weighted by Gasteiger charge is -2.18. The molecule has 148 valence electrons. The van der Waals surface area contributed by atoms with E-state index in [0.717, 1.165) is 6.42 Å². The van der Waals surface area contributed by atoms with E-state index in [9.17, 15) is 14.7 Å². The van der Waals surface area contributed by atoms with Gasteiger partial charge in [-0.3, -0.25) is 9.78 Å². The van der Waals surface area contributed by atoms with Crippen LogP contribution in [0.3, 0.4) is 0 Å². The van der Waals surface area contributed by atoms with Gasteiger partial charge in [-0.15, -0.1) is 0 Å². The number of aromatic carboxylic acids is 1. The Morgan fingerprint density at radius 2 is 2.04 bits per heavy atom. The molecule has 0 spiro atoms. The van der Waals surface area contributed by atoms with Gasteiger partial charge in [-0.1, -0.05) is 13.8 Å². The molecule has 1 atom stereocenters. The molecule has 0 amide bonds. The molecule has 28 heavy (non-hydrogen) atoms. The van der Waals surface area contributed by atoms with E-state index in [1.165, 1.54) is 4.57 Å². The van der Waals surface area contributed by atoms with Crippen LogP contribution in [0.2, 0.25) is 0 Å². The minimum absolute atomic E-state index is 0.0404. The number of nitrogens with two attached hydrogens (primary N) is 1. The van der Waals surface area contributed by atoms with Crippen LogP contribution in [-0.4, -0.2) is 33.3 Å². The van der Waals surface area contributed by atoms with Crippen LogP contribution < -0.4 is 16.0 Å². The van der Waals surface area contributed by atoms with Crippen LogP contribution in [0.4, 0.5) is 0 Å². The predicted molar refractivity (Wildman–Crippen MR) is 109 cm³/mol. The summed E-state index contributed by atoms with van der Waals surface area (Å²) < 4.78 is 7.27. The smallest absolute Gasteiger partial charge is 0.339 e. The van der Waals surface area contributed by atoms with Crippen LogP contribution in [0.5, 0.6) is 5.75 Å². The summed E-state index contributed by atoms with van der Waals surface area (Å²) in [5, 5.41) is 11.5. The first-order chi connectivity index (χ1) is 13.2. The lowest BCUT2D eigenvalue weighted by atomic mass is 10.0. The molecule has 2 heterocycles. The van der Waals surface area contributed by atoms with Crippen LogP contribution in [-0.2, 0) is 7.05 Å². The highest BCUT2D eigenvalue weighted by Gasteiger charge is 2.19. The number of fused-ring (bicyclic) bond motifs is 3. The molecule has 1 aromatic carbocycles. The van der Waals surface area contributed by atoms with Crippen molar-refractivity contribution in [2.24, 2.45) is 18.7 Å². The van der Waals surface area contributed by atoms with Gasteiger partial charge in [0.15, 0.2) is 0 Å². The molecule has 7 heteroatoms. The monoisotopic (exact) mass is 383 g/mol. The maximum Gasteiger partial charge on any atom is 0.339 e. The first-order valence-corrected chi connectivity index (χ1v) is 9.24. The van der Waals surface area contributed by atoms with Crippen LogP contribution in [0, 0.1) is 12.8 Å². The number of pyridine rings is 2. The third kappa shape index (κ3) is 3.57. The van der Waals surface area contributed by atoms with E-state index in [1.807, 2.05) is 0 Å². The van der Waals surface area contributed by atoms with Crippen molar-refractivity contribution in [3.63, 3.8) is 0 Å². The maximum atomic E-state index is 12.8. The summed E-state index contributed by atoms with van der Waals surface area (Å²) in [7, 11) is 1.66. The number of nitrogens with zero attached hydrogens (tertiary/aromatic N) is 2. The fraction of sp³-hybridized carbons (Fsp3) is 0.381. The first-order valence-electron chi connectivity index (χ1n) is 9.24. The van der Waals surface area contributed by atoms with Gasteiger partial charge in [0, 0.05) is 30.7 Å². The Kier molecular flexibility index (Phi) is 5.38. The maximum absolute atomic E-state index is 12.8. The number of benzene rings is 1.